The molecule has 6 aromatic rings. The number of hydrogen-bond acceptors (Lipinski definition) is 10. The topological polar surface area (TPSA) is 183 Å². The number of nitrogen functional groups attached to an aromatic ring is 3. The quantitative estimate of drug-likeness (QED) is 0.247. The SMILES string of the molecule is Cc1nc(N)c2c(F)cn(C(C)C)c2n1.Cc1nc(N)c2ccn(C(C)C)c2n1.Cc1nc(N)c2ncn(C(C)C)c2n1. The van der Waals surface area contributed by atoms with Gasteiger partial charge in [0.1, 0.15) is 45.9 Å². The Bertz CT molecular complexity index is 1810. The summed E-state index contributed by atoms with van der Waals surface area (Å²) in [5.41, 5.74) is 20.2. The van der Waals surface area contributed by atoms with E-state index in [4.69, 9.17) is 17.2 Å². The van der Waals surface area contributed by atoms with Crippen molar-refractivity contribution in [2.75, 3.05) is 17.2 Å². The van der Waals surface area contributed by atoms with Gasteiger partial charge in [-0.05, 0) is 68.4 Å². The highest BCUT2D eigenvalue weighted by Crippen LogP contribution is 2.26. The van der Waals surface area contributed by atoms with Crippen LogP contribution in [-0.2, 0) is 0 Å². The number of aryl methyl sites for hydroxylation is 3. The van der Waals surface area contributed by atoms with Crippen molar-refractivity contribution < 1.29 is 4.39 Å². The molecule has 0 radical (unpaired) electrons. The van der Waals surface area contributed by atoms with Crippen LogP contribution in [0.3, 0.4) is 0 Å². The van der Waals surface area contributed by atoms with Gasteiger partial charge in [-0.25, -0.2) is 39.3 Å². The van der Waals surface area contributed by atoms with Crippen molar-refractivity contribution in [1.29, 1.82) is 0 Å². The Hall–Kier alpha value is -4.88. The predicted octanol–water partition coefficient (Wildman–Crippen LogP) is 5.24. The Morgan fingerprint density at radius 3 is 1.72 bits per heavy atom. The van der Waals surface area contributed by atoms with Crippen LogP contribution in [0.1, 0.15) is 77.1 Å². The zero-order valence-corrected chi connectivity index (χ0v) is 26.1. The number of nitrogens with two attached hydrogens (primary N) is 3. The fourth-order valence-corrected chi connectivity index (χ4v) is 4.65. The molecule has 43 heavy (non-hydrogen) atoms. The summed E-state index contributed by atoms with van der Waals surface area (Å²) in [4.78, 5) is 29.3. The molecule has 0 spiro atoms. The van der Waals surface area contributed by atoms with E-state index in [0.29, 0.717) is 51.9 Å². The average molecular weight is 590 g/mol. The summed E-state index contributed by atoms with van der Waals surface area (Å²) in [6.45, 7) is 17.7. The maximum Gasteiger partial charge on any atom is 0.165 e. The van der Waals surface area contributed by atoms with E-state index in [0.717, 1.165) is 22.5 Å². The van der Waals surface area contributed by atoms with Gasteiger partial charge in [0.25, 0.3) is 0 Å². The van der Waals surface area contributed by atoms with E-state index in [1.807, 2.05) is 44.5 Å². The summed E-state index contributed by atoms with van der Waals surface area (Å²) >= 11 is 0. The molecule has 0 saturated carbocycles. The van der Waals surface area contributed by atoms with E-state index in [-0.39, 0.29) is 17.7 Å². The highest BCUT2D eigenvalue weighted by atomic mass is 19.1. The van der Waals surface area contributed by atoms with Crippen molar-refractivity contribution in [3.05, 3.63) is 48.1 Å². The number of nitrogens with zero attached hydrogens (tertiary/aromatic N) is 10. The van der Waals surface area contributed by atoms with Crippen LogP contribution in [0.4, 0.5) is 21.8 Å². The predicted molar refractivity (Wildman–Crippen MR) is 169 cm³/mol. The maximum absolute atomic E-state index is 13.6. The van der Waals surface area contributed by atoms with Crippen LogP contribution in [0, 0.1) is 26.6 Å². The molecule has 6 rings (SSSR count). The van der Waals surface area contributed by atoms with E-state index in [1.165, 1.54) is 6.20 Å². The van der Waals surface area contributed by atoms with Crippen molar-refractivity contribution in [3.63, 3.8) is 0 Å². The standard InChI is InChI=1S/C10H13FN4.C10H14N4.C9H13N5/c1-5(2)15-4-7(11)8-9(12)13-6(3)14-10(8)15;1-6(2)14-5-4-8-9(11)12-7(3)13-10(8)14;1-5(2)14-4-11-7-8(10)12-6(3)13-9(7)14/h4-5H,1-3H3,(H2,12,13,14);4-6H,1-3H3,(H2,11,12,13);4-5H,1-3H3,(H2,10,12,13). The van der Waals surface area contributed by atoms with E-state index in [1.54, 1.807) is 17.8 Å². The molecule has 0 aromatic carbocycles. The van der Waals surface area contributed by atoms with Gasteiger partial charge in [0.2, 0.25) is 0 Å². The number of hydrogen-bond donors (Lipinski definition) is 3. The smallest absolute Gasteiger partial charge is 0.165 e. The Balaban J connectivity index is 0.000000148. The van der Waals surface area contributed by atoms with E-state index < -0.39 is 0 Å². The first-order chi connectivity index (χ1) is 20.2. The number of anilines is 3. The summed E-state index contributed by atoms with van der Waals surface area (Å²) in [5.74, 6) is 2.80. The molecule has 13 nitrogen and oxygen atoms in total. The lowest BCUT2D eigenvalue weighted by molar-refractivity contribution is 0.585. The third kappa shape index (κ3) is 6.32. The number of fused-ring (bicyclic) bond motifs is 3. The van der Waals surface area contributed by atoms with E-state index >= 15 is 0 Å². The van der Waals surface area contributed by atoms with Gasteiger partial charge in [0.15, 0.2) is 17.3 Å². The van der Waals surface area contributed by atoms with Crippen LogP contribution < -0.4 is 17.2 Å². The lowest BCUT2D eigenvalue weighted by Crippen LogP contribution is -2.03. The molecular formula is C29H40FN13. The van der Waals surface area contributed by atoms with E-state index in [2.05, 4.69) is 67.1 Å². The van der Waals surface area contributed by atoms with Crippen LogP contribution in [-0.4, -0.2) is 48.6 Å². The normalized spacial score (nSPS) is 11.5. The van der Waals surface area contributed by atoms with Crippen LogP contribution in [0.25, 0.3) is 33.2 Å². The fourth-order valence-electron chi connectivity index (χ4n) is 4.65. The number of rotatable bonds is 3. The second-order valence-corrected chi connectivity index (χ2v) is 11.1. The van der Waals surface area contributed by atoms with Gasteiger partial charge in [-0.2, -0.15) is 0 Å². The second kappa shape index (κ2) is 12.2. The molecule has 6 N–H and O–H groups in total. The summed E-state index contributed by atoms with van der Waals surface area (Å²) in [6, 6.07) is 2.82. The number of aromatic nitrogens is 10. The first-order valence-corrected chi connectivity index (χ1v) is 14.1. The third-order valence-corrected chi connectivity index (χ3v) is 6.71. The lowest BCUT2D eigenvalue weighted by atomic mass is 10.3. The van der Waals surface area contributed by atoms with E-state index in [9.17, 15) is 4.39 Å². The van der Waals surface area contributed by atoms with Crippen molar-refractivity contribution in [1.82, 2.24) is 48.6 Å². The van der Waals surface area contributed by atoms with Crippen LogP contribution >= 0.6 is 0 Å². The van der Waals surface area contributed by atoms with Gasteiger partial charge in [0, 0.05) is 30.5 Å². The maximum atomic E-state index is 13.6. The van der Waals surface area contributed by atoms with Gasteiger partial charge < -0.3 is 30.9 Å². The minimum atomic E-state index is -0.365. The van der Waals surface area contributed by atoms with Gasteiger partial charge in [0.05, 0.1) is 17.1 Å². The average Bonchev–Trinajstić information content (AvgIpc) is 3.60. The monoisotopic (exact) mass is 589 g/mol. The molecule has 0 aliphatic carbocycles. The zero-order chi connectivity index (χ0) is 31.7. The zero-order valence-electron chi connectivity index (χ0n) is 26.1. The van der Waals surface area contributed by atoms with Gasteiger partial charge in [-0.1, -0.05) is 0 Å². The molecule has 0 atom stereocenters. The third-order valence-electron chi connectivity index (χ3n) is 6.71. The summed E-state index contributed by atoms with van der Waals surface area (Å²) in [6.07, 6.45) is 5.17. The second-order valence-electron chi connectivity index (χ2n) is 11.1. The Morgan fingerprint density at radius 1 is 0.628 bits per heavy atom. The molecule has 0 bridgehead atoms. The molecule has 0 aliphatic rings. The molecule has 0 amide bonds. The van der Waals surface area contributed by atoms with Gasteiger partial charge >= 0.3 is 0 Å². The summed E-state index contributed by atoms with van der Waals surface area (Å²) in [5, 5.41) is 1.25. The Morgan fingerprint density at radius 2 is 1.14 bits per heavy atom. The number of imidazole rings is 1. The molecule has 0 unspecified atom stereocenters. The minimum Gasteiger partial charge on any atom is -0.383 e. The summed E-state index contributed by atoms with van der Waals surface area (Å²) in [7, 11) is 0. The first-order valence-electron chi connectivity index (χ1n) is 14.1. The Kier molecular flexibility index (Phi) is 8.78. The summed E-state index contributed by atoms with van der Waals surface area (Å²) < 4.78 is 19.4. The highest BCUT2D eigenvalue weighted by Gasteiger charge is 2.16. The molecule has 14 heteroatoms. The number of halogens is 1. The van der Waals surface area contributed by atoms with Crippen LogP contribution in [0.15, 0.2) is 24.8 Å². The molecule has 6 aromatic heterocycles. The van der Waals surface area contributed by atoms with Crippen molar-refractivity contribution in [3.8, 4) is 0 Å². The van der Waals surface area contributed by atoms with Crippen LogP contribution in [0.2, 0.25) is 0 Å². The van der Waals surface area contributed by atoms with Gasteiger partial charge in [-0.15, -0.1) is 0 Å². The molecular weight excluding hydrogens is 549 g/mol. The molecule has 0 fully saturated rings. The Labute approximate surface area is 249 Å². The fraction of sp³-hybridized carbons (Fsp3) is 0.414. The first kappa shape index (κ1) is 31.1. The minimum absolute atomic E-state index is 0.144. The van der Waals surface area contributed by atoms with Crippen molar-refractivity contribution in [2.24, 2.45) is 0 Å². The van der Waals surface area contributed by atoms with Crippen LogP contribution in [0.5, 0.6) is 0 Å². The highest BCUT2D eigenvalue weighted by molar-refractivity contribution is 5.87. The van der Waals surface area contributed by atoms with Crippen molar-refractivity contribution >= 4 is 50.7 Å². The lowest BCUT2D eigenvalue weighted by Gasteiger charge is -2.08. The molecule has 0 saturated heterocycles. The van der Waals surface area contributed by atoms with Crippen molar-refractivity contribution in [2.45, 2.75) is 80.4 Å². The largest absolute Gasteiger partial charge is 0.383 e. The molecule has 228 valence electrons. The molecule has 6 heterocycles. The molecule has 0 aliphatic heterocycles. The van der Waals surface area contributed by atoms with Gasteiger partial charge in [-0.3, -0.25) is 0 Å².